The molecule has 3 aromatic rings. The highest BCUT2D eigenvalue weighted by molar-refractivity contribution is 7.98. The van der Waals surface area contributed by atoms with Crippen LogP contribution in [0.3, 0.4) is 0 Å². The number of anilines is 1. The van der Waals surface area contributed by atoms with Crippen LogP contribution in [0.15, 0.2) is 71.6 Å². The lowest BCUT2D eigenvalue weighted by atomic mass is 10.2. The molecule has 1 N–H and O–H groups in total. The van der Waals surface area contributed by atoms with Crippen LogP contribution in [-0.4, -0.2) is 46.4 Å². The summed E-state index contributed by atoms with van der Waals surface area (Å²) in [6.07, 6.45) is 0. The zero-order chi connectivity index (χ0) is 25.5. The fraction of sp³-hybridized carbons (Fsp3) is 0.269. The van der Waals surface area contributed by atoms with Crippen LogP contribution in [0.5, 0.6) is 11.5 Å². The Morgan fingerprint density at radius 3 is 2.53 bits per heavy atom. The molecule has 0 atom stereocenters. The summed E-state index contributed by atoms with van der Waals surface area (Å²) < 4.78 is 52.6. The second-order valence-corrected chi connectivity index (χ2v) is 11.2. The Morgan fingerprint density at radius 2 is 1.78 bits per heavy atom. The number of ether oxygens (including phenoxy) is 2. The summed E-state index contributed by atoms with van der Waals surface area (Å²) >= 11 is 1.68. The monoisotopic (exact) mass is 530 g/mol. The van der Waals surface area contributed by atoms with Gasteiger partial charge in [-0.1, -0.05) is 29.8 Å². The van der Waals surface area contributed by atoms with Crippen molar-refractivity contribution in [2.75, 3.05) is 36.4 Å². The number of rotatable bonds is 10. The van der Waals surface area contributed by atoms with Crippen molar-refractivity contribution in [2.45, 2.75) is 17.6 Å². The lowest BCUT2D eigenvalue weighted by molar-refractivity contribution is -0.119. The van der Waals surface area contributed by atoms with E-state index in [9.17, 15) is 17.6 Å². The molecule has 0 bridgehead atoms. The van der Waals surface area contributed by atoms with E-state index in [-0.39, 0.29) is 10.6 Å². The van der Waals surface area contributed by atoms with Crippen LogP contribution >= 0.6 is 11.8 Å². The average Bonchev–Trinajstić information content (AvgIpc) is 2.87. The van der Waals surface area contributed by atoms with E-state index in [1.807, 2.05) is 19.1 Å². The van der Waals surface area contributed by atoms with Gasteiger partial charge < -0.3 is 14.8 Å². The summed E-state index contributed by atoms with van der Waals surface area (Å²) in [6.45, 7) is 2.66. The Hall–Kier alpha value is -3.24. The fourth-order valence-electron chi connectivity index (χ4n) is 3.67. The molecule has 0 radical (unpaired) electrons. The minimum atomic E-state index is -4.16. The maximum absolute atomic E-state index is 13.6. The van der Waals surface area contributed by atoms with Gasteiger partial charge in [-0.3, -0.25) is 9.10 Å². The maximum Gasteiger partial charge on any atom is 0.264 e. The Labute approximate surface area is 214 Å². The number of carbonyl (C=O) groups is 1. The molecule has 0 saturated heterocycles. The largest absolute Gasteiger partial charge is 0.486 e. The normalized spacial score (nSPS) is 12.7. The van der Waals surface area contributed by atoms with E-state index in [2.05, 4.69) is 17.4 Å². The Balaban J connectivity index is 1.43. The number of nitrogens with zero attached hydrogens (tertiary/aromatic N) is 1. The molecule has 4 rings (SSSR count). The van der Waals surface area contributed by atoms with Gasteiger partial charge in [0.1, 0.15) is 25.6 Å². The minimum Gasteiger partial charge on any atom is -0.486 e. The van der Waals surface area contributed by atoms with Gasteiger partial charge in [0, 0.05) is 24.1 Å². The zero-order valence-corrected chi connectivity index (χ0v) is 21.4. The molecule has 0 aromatic heterocycles. The first-order chi connectivity index (χ1) is 17.3. The van der Waals surface area contributed by atoms with Gasteiger partial charge in [0.25, 0.3) is 10.0 Å². The number of thioether (sulfide) groups is 1. The molecular formula is C26H27FN2O5S2. The molecule has 1 heterocycles. The van der Waals surface area contributed by atoms with Gasteiger partial charge in [-0.15, -0.1) is 0 Å². The summed E-state index contributed by atoms with van der Waals surface area (Å²) in [5.41, 5.74) is 2.58. The number of amides is 1. The van der Waals surface area contributed by atoms with Crippen LogP contribution in [0.2, 0.25) is 0 Å². The molecule has 1 aliphatic heterocycles. The molecule has 0 aliphatic carbocycles. The van der Waals surface area contributed by atoms with Gasteiger partial charge in [-0.05, 0) is 48.9 Å². The lowest BCUT2D eigenvalue weighted by Gasteiger charge is -2.25. The predicted octanol–water partition coefficient (Wildman–Crippen LogP) is 4.15. The van der Waals surface area contributed by atoms with Crippen LogP contribution in [0.1, 0.15) is 11.1 Å². The third-order valence-electron chi connectivity index (χ3n) is 5.42. The van der Waals surface area contributed by atoms with E-state index in [1.165, 1.54) is 41.5 Å². The fourth-order valence-corrected chi connectivity index (χ4v) is 5.92. The Kier molecular flexibility index (Phi) is 8.37. The Bertz CT molecular complexity index is 1320. The number of sulfonamides is 1. The quantitative estimate of drug-likeness (QED) is 0.397. The molecule has 0 spiro atoms. The number of benzene rings is 3. The van der Waals surface area contributed by atoms with Crippen LogP contribution < -0.4 is 19.1 Å². The molecule has 3 aromatic carbocycles. The summed E-state index contributed by atoms with van der Waals surface area (Å²) in [5, 5.41) is 2.78. The molecule has 7 nitrogen and oxygen atoms in total. The highest BCUT2D eigenvalue weighted by atomic mass is 32.2. The standard InChI is InChI=1S/C26H27FN2O5S2/c1-19-3-2-4-20(15-19)18-35-14-11-28-26(30)17-29(22-7-5-21(27)6-8-22)36(31,32)23-9-10-24-25(16-23)34-13-12-33-24/h2-10,15-16H,11-14,17-18H2,1H3,(H,28,30). The number of carbonyl (C=O) groups excluding carboxylic acids is 1. The van der Waals surface area contributed by atoms with Crippen molar-refractivity contribution in [3.05, 3.63) is 83.7 Å². The summed E-state index contributed by atoms with van der Waals surface area (Å²) in [7, 11) is -4.16. The van der Waals surface area contributed by atoms with Crippen molar-refractivity contribution >= 4 is 33.4 Å². The van der Waals surface area contributed by atoms with E-state index in [0.717, 1.165) is 22.2 Å². The summed E-state index contributed by atoms with van der Waals surface area (Å²) in [6, 6.07) is 17.5. The predicted molar refractivity (Wildman–Crippen MR) is 139 cm³/mol. The van der Waals surface area contributed by atoms with Gasteiger partial charge >= 0.3 is 0 Å². The topological polar surface area (TPSA) is 84.9 Å². The van der Waals surface area contributed by atoms with Gasteiger partial charge in [0.2, 0.25) is 5.91 Å². The lowest BCUT2D eigenvalue weighted by Crippen LogP contribution is -2.41. The molecule has 10 heteroatoms. The van der Waals surface area contributed by atoms with Crippen LogP contribution in [0.4, 0.5) is 10.1 Å². The number of hydrogen-bond donors (Lipinski definition) is 1. The third kappa shape index (κ3) is 6.50. The molecule has 0 saturated carbocycles. The average molecular weight is 531 g/mol. The van der Waals surface area contributed by atoms with Gasteiger partial charge in [0.05, 0.1) is 10.6 Å². The summed E-state index contributed by atoms with van der Waals surface area (Å²) in [5.74, 6) is 1.29. The van der Waals surface area contributed by atoms with E-state index in [0.29, 0.717) is 37.0 Å². The molecule has 36 heavy (non-hydrogen) atoms. The molecule has 0 unspecified atom stereocenters. The first-order valence-electron chi connectivity index (χ1n) is 11.4. The van der Waals surface area contributed by atoms with Crippen molar-refractivity contribution in [3.63, 3.8) is 0 Å². The zero-order valence-electron chi connectivity index (χ0n) is 19.8. The van der Waals surface area contributed by atoms with Crippen LogP contribution in [0, 0.1) is 12.7 Å². The van der Waals surface area contributed by atoms with E-state index in [4.69, 9.17) is 9.47 Å². The van der Waals surface area contributed by atoms with E-state index < -0.39 is 28.3 Å². The van der Waals surface area contributed by atoms with Crippen molar-refractivity contribution in [3.8, 4) is 11.5 Å². The van der Waals surface area contributed by atoms with Crippen molar-refractivity contribution in [1.29, 1.82) is 0 Å². The maximum atomic E-state index is 13.6. The van der Waals surface area contributed by atoms with Crippen molar-refractivity contribution in [2.24, 2.45) is 0 Å². The number of aryl methyl sites for hydroxylation is 1. The summed E-state index contributed by atoms with van der Waals surface area (Å²) in [4.78, 5) is 12.7. The number of halogens is 1. The molecular weight excluding hydrogens is 503 g/mol. The number of hydrogen-bond acceptors (Lipinski definition) is 6. The van der Waals surface area contributed by atoms with Crippen molar-refractivity contribution < 1.29 is 27.1 Å². The van der Waals surface area contributed by atoms with Crippen LogP contribution in [0.25, 0.3) is 0 Å². The number of fused-ring (bicyclic) bond motifs is 1. The smallest absolute Gasteiger partial charge is 0.264 e. The SMILES string of the molecule is Cc1cccc(CSCCNC(=O)CN(c2ccc(F)cc2)S(=O)(=O)c2ccc3c(c2)OCCO3)c1. The molecule has 1 amide bonds. The van der Waals surface area contributed by atoms with E-state index >= 15 is 0 Å². The third-order valence-corrected chi connectivity index (χ3v) is 8.22. The number of nitrogens with one attached hydrogen (secondary N) is 1. The highest BCUT2D eigenvalue weighted by Crippen LogP contribution is 2.34. The first kappa shape index (κ1) is 25.8. The first-order valence-corrected chi connectivity index (χ1v) is 14.0. The molecule has 1 aliphatic rings. The van der Waals surface area contributed by atoms with Gasteiger partial charge in [0.15, 0.2) is 11.5 Å². The highest BCUT2D eigenvalue weighted by Gasteiger charge is 2.29. The van der Waals surface area contributed by atoms with Gasteiger partial charge in [-0.25, -0.2) is 12.8 Å². The van der Waals surface area contributed by atoms with Crippen molar-refractivity contribution in [1.82, 2.24) is 5.32 Å². The van der Waals surface area contributed by atoms with Crippen LogP contribution in [-0.2, 0) is 20.6 Å². The molecule has 190 valence electrons. The van der Waals surface area contributed by atoms with E-state index in [1.54, 1.807) is 11.8 Å². The minimum absolute atomic E-state index is 0.0578. The Morgan fingerprint density at radius 1 is 1.03 bits per heavy atom. The second-order valence-electron chi connectivity index (χ2n) is 8.19. The second kappa shape index (κ2) is 11.7. The molecule has 0 fully saturated rings. The van der Waals surface area contributed by atoms with Gasteiger partial charge in [-0.2, -0.15) is 11.8 Å².